The van der Waals surface area contributed by atoms with Crippen LogP contribution in [0, 0.1) is 17.1 Å². The Morgan fingerprint density at radius 3 is 2.52 bits per heavy atom. The molecular weight excluding hydrogens is 399 g/mol. The number of esters is 1. The number of fused-ring (bicyclic) bond motifs is 1. The number of methoxy groups -OCH3 is 1. The lowest BCUT2D eigenvalue weighted by molar-refractivity contribution is 0.0734. The van der Waals surface area contributed by atoms with Crippen LogP contribution in [-0.4, -0.2) is 13.1 Å². The maximum Gasteiger partial charge on any atom is 0.343 e. The summed E-state index contributed by atoms with van der Waals surface area (Å²) >= 11 is 0. The molecule has 3 aromatic carbocycles. The third kappa shape index (κ3) is 3.91. The van der Waals surface area contributed by atoms with Gasteiger partial charge in [0.1, 0.15) is 34.7 Å². The van der Waals surface area contributed by atoms with E-state index in [9.17, 15) is 14.4 Å². The first-order chi connectivity index (χ1) is 15.0. The first-order valence-corrected chi connectivity index (χ1v) is 9.33. The lowest BCUT2D eigenvalue weighted by Crippen LogP contribution is -2.21. The maximum absolute atomic E-state index is 13.8. The fourth-order valence-electron chi connectivity index (χ4n) is 3.42. The Balaban J connectivity index is 1.66. The third-order valence-electron chi connectivity index (χ3n) is 4.91. The molecule has 7 heteroatoms. The zero-order chi connectivity index (χ0) is 22.0. The fraction of sp³-hybridized carbons (Fsp3) is 0.0833. The minimum atomic E-state index is -0.601. The molecule has 1 atom stereocenters. The quantitative estimate of drug-likeness (QED) is 0.504. The molecule has 0 aliphatic carbocycles. The fourth-order valence-corrected chi connectivity index (χ4v) is 3.42. The molecule has 0 aromatic heterocycles. The van der Waals surface area contributed by atoms with Gasteiger partial charge in [-0.05, 0) is 48.0 Å². The smallest absolute Gasteiger partial charge is 0.343 e. The number of benzene rings is 3. The minimum absolute atomic E-state index is 0.0807. The topological polar surface area (TPSA) is 94.6 Å². The Labute approximate surface area is 177 Å². The van der Waals surface area contributed by atoms with Crippen LogP contribution in [0.15, 0.2) is 78.2 Å². The van der Waals surface area contributed by atoms with Crippen molar-refractivity contribution in [2.75, 3.05) is 7.11 Å². The molecule has 0 bridgehead atoms. The summed E-state index contributed by atoms with van der Waals surface area (Å²) < 4.78 is 30.0. The maximum atomic E-state index is 13.8. The summed E-state index contributed by atoms with van der Waals surface area (Å²) in [7, 11) is 1.54. The van der Waals surface area contributed by atoms with Gasteiger partial charge in [0.15, 0.2) is 0 Å². The van der Waals surface area contributed by atoms with Crippen molar-refractivity contribution in [1.29, 1.82) is 5.26 Å². The van der Waals surface area contributed by atoms with Gasteiger partial charge in [-0.25, -0.2) is 9.18 Å². The molecule has 1 aliphatic heterocycles. The summed E-state index contributed by atoms with van der Waals surface area (Å²) in [5.41, 5.74) is 7.67. The molecule has 4 rings (SSSR count). The number of hydrogen-bond acceptors (Lipinski definition) is 6. The number of nitrogens with zero attached hydrogens (tertiary/aromatic N) is 1. The van der Waals surface area contributed by atoms with Crippen molar-refractivity contribution in [1.82, 2.24) is 0 Å². The molecule has 1 aliphatic rings. The van der Waals surface area contributed by atoms with Gasteiger partial charge in [0.2, 0.25) is 5.88 Å². The standard InChI is InChI=1S/C24H17FN2O4/c1-29-17-7-5-14(6-8-17)24(28)30-18-9-10-19-21(12-18)31-23(27)20(13-26)22(19)15-3-2-4-16(25)11-15/h2-12,22H,27H2,1H3. The van der Waals surface area contributed by atoms with Crippen LogP contribution in [0.2, 0.25) is 0 Å². The molecule has 2 N–H and O–H groups in total. The first-order valence-electron chi connectivity index (χ1n) is 9.33. The highest BCUT2D eigenvalue weighted by atomic mass is 19.1. The second-order valence-electron chi connectivity index (χ2n) is 6.80. The lowest BCUT2D eigenvalue weighted by Gasteiger charge is -2.26. The monoisotopic (exact) mass is 416 g/mol. The zero-order valence-electron chi connectivity index (χ0n) is 16.5. The Kier molecular flexibility index (Phi) is 5.29. The number of rotatable bonds is 4. The summed E-state index contributed by atoms with van der Waals surface area (Å²) in [5, 5.41) is 9.59. The Morgan fingerprint density at radius 2 is 1.84 bits per heavy atom. The van der Waals surface area contributed by atoms with Gasteiger partial charge in [-0.3, -0.25) is 0 Å². The molecule has 31 heavy (non-hydrogen) atoms. The molecule has 0 saturated heterocycles. The SMILES string of the molecule is COc1ccc(C(=O)Oc2ccc3c(c2)OC(N)=C(C#N)C3c2cccc(F)c2)cc1. The molecular formula is C24H17FN2O4. The number of hydrogen-bond donors (Lipinski definition) is 1. The first kappa shape index (κ1) is 20.0. The van der Waals surface area contributed by atoms with Crippen LogP contribution < -0.4 is 19.9 Å². The average Bonchev–Trinajstić information content (AvgIpc) is 2.78. The molecule has 0 radical (unpaired) electrons. The second-order valence-corrected chi connectivity index (χ2v) is 6.80. The van der Waals surface area contributed by atoms with Crippen molar-refractivity contribution in [3.63, 3.8) is 0 Å². The van der Waals surface area contributed by atoms with E-state index >= 15 is 0 Å². The van der Waals surface area contributed by atoms with Crippen molar-refractivity contribution in [3.05, 3.63) is 101 Å². The number of halogens is 1. The zero-order valence-corrected chi connectivity index (χ0v) is 16.5. The lowest BCUT2D eigenvalue weighted by atomic mass is 9.83. The number of ether oxygens (including phenoxy) is 3. The van der Waals surface area contributed by atoms with Gasteiger partial charge < -0.3 is 19.9 Å². The summed E-state index contributed by atoms with van der Waals surface area (Å²) in [6.07, 6.45) is 0. The minimum Gasteiger partial charge on any atom is -0.497 e. The van der Waals surface area contributed by atoms with Crippen LogP contribution in [0.25, 0.3) is 0 Å². The molecule has 154 valence electrons. The van der Waals surface area contributed by atoms with E-state index in [2.05, 4.69) is 6.07 Å². The summed E-state index contributed by atoms with van der Waals surface area (Å²) in [6, 6.07) is 19.3. The van der Waals surface area contributed by atoms with Crippen LogP contribution in [0.4, 0.5) is 4.39 Å². The number of carbonyl (C=O) groups excluding carboxylic acids is 1. The van der Waals surface area contributed by atoms with Crippen molar-refractivity contribution in [2.45, 2.75) is 5.92 Å². The van der Waals surface area contributed by atoms with Crippen LogP contribution >= 0.6 is 0 Å². The molecule has 1 unspecified atom stereocenters. The van der Waals surface area contributed by atoms with Gasteiger partial charge in [-0.15, -0.1) is 0 Å². The van der Waals surface area contributed by atoms with Gasteiger partial charge in [-0.1, -0.05) is 18.2 Å². The number of nitrogens with two attached hydrogens (primary N) is 1. The largest absolute Gasteiger partial charge is 0.497 e. The summed E-state index contributed by atoms with van der Waals surface area (Å²) in [6.45, 7) is 0. The van der Waals surface area contributed by atoms with E-state index in [4.69, 9.17) is 19.9 Å². The van der Waals surface area contributed by atoms with Crippen molar-refractivity contribution in [2.24, 2.45) is 5.73 Å². The van der Waals surface area contributed by atoms with Crippen molar-refractivity contribution >= 4 is 5.97 Å². The van der Waals surface area contributed by atoms with Gasteiger partial charge >= 0.3 is 5.97 Å². The average molecular weight is 416 g/mol. The van der Waals surface area contributed by atoms with E-state index in [1.165, 1.54) is 25.3 Å². The highest BCUT2D eigenvalue weighted by Gasteiger charge is 2.31. The number of allylic oxidation sites excluding steroid dienone is 1. The number of nitriles is 1. The van der Waals surface area contributed by atoms with E-state index in [1.54, 1.807) is 48.5 Å². The van der Waals surface area contributed by atoms with Crippen LogP contribution in [0.1, 0.15) is 27.4 Å². The van der Waals surface area contributed by atoms with Gasteiger partial charge in [0.25, 0.3) is 0 Å². The predicted molar refractivity (Wildman–Crippen MR) is 110 cm³/mol. The molecule has 0 saturated carbocycles. The Morgan fingerprint density at radius 1 is 1.10 bits per heavy atom. The molecule has 3 aromatic rings. The molecule has 0 amide bonds. The highest BCUT2D eigenvalue weighted by molar-refractivity contribution is 5.91. The van der Waals surface area contributed by atoms with E-state index < -0.39 is 17.7 Å². The van der Waals surface area contributed by atoms with E-state index in [-0.39, 0.29) is 17.2 Å². The molecule has 6 nitrogen and oxygen atoms in total. The summed E-state index contributed by atoms with van der Waals surface area (Å²) in [4.78, 5) is 12.4. The number of carbonyl (C=O) groups is 1. The Hall–Kier alpha value is -4.31. The predicted octanol–water partition coefficient (Wildman–Crippen LogP) is 4.27. The molecule has 1 heterocycles. The highest BCUT2D eigenvalue weighted by Crippen LogP contribution is 2.43. The van der Waals surface area contributed by atoms with Gasteiger partial charge in [0.05, 0.1) is 18.6 Å². The van der Waals surface area contributed by atoms with Crippen molar-refractivity contribution in [3.8, 4) is 23.3 Å². The van der Waals surface area contributed by atoms with E-state index in [1.807, 2.05) is 0 Å². The van der Waals surface area contributed by atoms with Crippen LogP contribution in [0.5, 0.6) is 17.2 Å². The Bertz CT molecular complexity index is 1230. The van der Waals surface area contributed by atoms with Crippen LogP contribution in [-0.2, 0) is 0 Å². The van der Waals surface area contributed by atoms with Crippen LogP contribution in [0.3, 0.4) is 0 Å². The summed E-state index contributed by atoms with van der Waals surface area (Å²) in [5.74, 6) is -0.472. The van der Waals surface area contributed by atoms with E-state index in [0.29, 0.717) is 28.2 Å². The third-order valence-corrected chi connectivity index (χ3v) is 4.91. The van der Waals surface area contributed by atoms with Gasteiger partial charge in [0, 0.05) is 11.6 Å². The molecule has 0 spiro atoms. The van der Waals surface area contributed by atoms with Gasteiger partial charge in [-0.2, -0.15) is 5.26 Å². The second kappa shape index (κ2) is 8.20. The normalized spacial score (nSPS) is 14.8. The molecule has 0 fully saturated rings. The van der Waals surface area contributed by atoms with Crippen molar-refractivity contribution < 1.29 is 23.4 Å². The van der Waals surface area contributed by atoms with E-state index in [0.717, 1.165) is 0 Å².